The molecule has 1 aliphatic heterocycles. The van der Waals surface area contributed by atoms with Crippen molar-refractivity contribution in [3.63, 3.8) is 0 Å². The fourth-order valence-corrected chi connectivity index (χ4v) is 4.77. The molecule has 3 rings (SSSR count). The molecule has 1 unspecified atom stereocenters. The summed E-state index contributed by atoms with van der Waals surface area (Å²) in [5, 5.41) is 2.82. The number of hydrogen-bond donors (Lipinski definition) is 2. The Bertz CT molecular complexity index is 1040. The van der Waals surface area contributed by atoms with Crippen molar-refractivity contribution in [3.05, 3.63) is 53.1 Å². The lowest BCUT2D eigenvalue weighted by Crippen LogP contribution is -2.49. The fraction of sp³-hybridized carbons (Fsp3) is 0.409. The van der Waals surface area contributed by atoms with Crippen LogP contribution in [-0.4, -0.2) is 53.2 Å². The van der Waals surface area contributed by atoms with Gasteiger partial charge in [-0.1, -0.05) is 17.7 Å². The summed E-state index contributed by atoms with van der Waals surface area (Å²) < 4.78 is 39.2. The molecule has 2 aromatic rings. The van der Waals surface area contributed by atoms with Gasteiger partial charge in [-0.25, -0.2) is 17.9 Å². The Morgan fingerprint density at radius 1 is 1.13 bits per heavy atom. The molecule has 168 valence electrons. The molecule has 0 aromatic heterocycles. The van der Waals surface area contributed by atoms with Crippen molar-refractivity contribution < 1.29 is 22.7 Å². The molecular weight excluding hydrogens is 418 g/mol. The number of benzene rings is 2. The van der Waals surface area contributed by atoms with E-state index in [4.69, 9.17) is 9.47 Å². The quantitative estimate of drug-likeness (QED) is 0.680. The third kappa shape index (κ3) is 4.94. The topological polar surface area (TPSA) is 97.0 Å². The van der Waals surface area contributed by atoms with Crippen LogP contribution in [0.5, 0.6) is 11.5 Å². The monoisotopic (exact) mass is 447 g/mol. The Morgan fingerprint density at radius 2 is 1.77 bits per heavy atom. The normalized spacial score (nSPS) is 15.9. The van der Waals surface area contributed by atoms with Gasteiger partial charge in [0.1, 0.15) is 0 Å². The number of nitrogens with zero attached hydrogens (tertiary/aromatic N) is 1. The van der Waals surface area contributed by atoms with Gasteiger partial charge < -0.3 is 19.7 Å². The minimum absolute atomic E-state index is 0.0375. The number of methoxy groups -OCH3 is 2. The van der Waals surface area contributed by atoms with Crippen LogP contribution in [0.3, 0.4) is 0 Å². The van der Waals surface area contributed by atoms with Gasteiger partial charge in [0.2, 0.25) is 10.0 Å². The SMILES string of the molecule is CCNC(=O)N1CCc2cc(OC)c(OC)cc2C1CNS(=O)(=O)c1ccc(C)cc1. The van der Waals surface area contributed by atoms with Crippen molar-refractivity contribution in [3.8, 4) is 11.5 Å². The lowest BCUT2D eigenvalue weighted by atomic mass is 9.92. The first kappa shape index (κ1) is 22.9. The number of urea groups is 1. The van der Waals surface area contributed by atoms with Crippen LogP contribution in [0.15, 0.2) is 41.3 Å². The molecule has 0 spiro atoms. The summed E-state index contributed by atoms with van der Waals surface area (Å²) in [5.74, 6) is 1.14. The second-order valence-corrected chi connectivity index (χ2v) is 9.13. The van der Waals surface area contributed by atoms with Crippen LogP contribution in [-0.2, 0) is 16.4 Å². The Labute approximate surface area is 183 Å². The third-order valence-electron chi connectivity index (χ3n) is 5.39. The first-order chi connectivity index (χ1) is 14.8. The van der Waals surface area contributed by atoms with Crippen molar-refractivity contribution >= 4 is 16.1 Å². The number of fused-ring (bicyclic) bond motifs is 1. The molecule has 2 aromatic carbocycles. The number of amides is 2. The van der Waals surface area contributed by atoms with Gasteiger partial charge >= 0.3 is 6.03 Å². The molecular formula is C22H29N3O5S. The number of sulfonamides is 1. The van der Waals surface area contributed by atoms with Gasteiger partial charge in [0, 0.05) is 19.6 Å². The van der Waals surface area contributed by atoms with Crippen molar-refractivity contribution in [2.45, 2.75) is 31.2 Å². The Balaban J connectivity index is 1.95. The predicted octanol–water partition coefficient (Wildman–Crippen LogP) is 2.62. The lowest BCUT2D eigenvalue weighted by Gasteiger charge is -2.37. The predicted molar refractivity (Wildman–Crippen MR) is 118 cm³/mol. The van der Waals surface area contributed by atoms with E-state index in [-0.39, 0.29) is 17.5 Å². The minimum Gasteiger partial charge on any atom is -0.493 e. The van der Waals surface area contributed by atoms with E-state index in [2.05, 4.69) is 10.0 Å². The summed E-state index contributed by atoms with van der Waals surface area (Å²) in [6.07, 6.45) is 0.633. The molecule has 2 N–H and O–H groups in total. The summed E-state index contributed by atoms with van der Waals surface area (Å²) >= 11 is 0. The Hall–Kier alpha value is -2.78. The maximum absolute atomic E-state index is 12.8. The average Bonchev–Trinajstić information content (AvgIpc) is 2.76. The van der Waals surface area contributed by atoms with Crippen LogP contribution in [0.25, 0.3) is 0 Å². The van der Waals surface area contributed by atoms with E-state index in [1.807, 2.05) is 26.0 Å². The standard InChI is InChI=1S/C22H29N3O5S/c1-5-23-22(26)25-11-10-16-12-20(29-3)21(30-4)13-18(16)19(25)14-24-31(27,28)17-8-6-15(2)7-9-17/h6-9,12-13,19,24H,5,10-11,14H2,1-4H3,(H,23,26). The summed E-state index contributed by atoms with van der Waals surface area (Å²) in [6, 6.07) is 9.64. The van der Waals surface area contributed by atoms with E-state index in [1.54, 1.807) is 43.4 Å². The van der Waals surface area contributed by atoms with Crippen molar-refractivity contribution in [1.82, 2.24) is 14.9 Å². The highest BCUT2D eigenvalue weighted by Gasteiger charge is 2.33. The molecule has 1 heterocycles. The molecule has 0 radical (unpaired) electrons. The van der Waals surface area contributed by atoms with Crippen LogP contribution in [0.2, 0.25) is 0 Å². The summed E-state index contributed by atoms with van der Waals surface area (Å²) in [7, 11) is -0.617. The van der Waals surface area contributed by atoms with Gasteiger partial charge in [0.25, 0.3) is 0 Å². The maximum atomic E-state index is 12.8. The molecule has 1 aliphatic rings. The van der Waals surface area contributed by atoms with E-state index in [0.29, 0.717) is 31.0 Å². The molecule has 0 saturated carbocycles. The van der Waals surface area contributed by atoms with Crippen molar-refractivity contribution in [2.75, 3.05) is 33.9 Å². The zero-order valence-electron chi connectivity index (χ0n) is 18.3. The van der Waals surface area contributed by atoms with Gasteiger partial charge in [0.05, 0.1) is 25.2 Å². The molecule has 31 heavy (non-hydrogen) atoms. The van der Waals surface area contributed by atoms with E-state index in [9.17, 15) is 13.2 Å². The van der Waals surface area contributed by atoms with E-state index in [1.165, 1.54) is 0 Å². The Morgan fingerprint density at radius 3 is 2.39 bits per heavy atom. The number of ether oxygens (including phenoxy) is 2. The number of aryl methyl sites for hydroxylation is 1. The molecule has 8 nitrogen and oxygen atoms in total. The second-order valence-electron chi connectivity index (χ2n) is 7.37. The number of rotatable bonds is 7. The highest BCUT2D eigenvalue weighted by molar-refractivity contribution is 7.89. The van der Waals surface area contributed by atoms with Gasteiger partial charge in [-0.05, 0) is 55.7 Å². The smallest absolute Gasteiger partial charge is 0.317 e. The average molecular weight is 448 g/mol. The minimum atomic E-state index is -3.73. The van der Waals surface area contributed by atoms with E-state index in [0.717, 1.165) is 16.7 Å². The molecule has 1 atom stereocenters. The van der Waals surface area contributed by atoms with Gasteiger partial charge in [-0.2, -0.15) is 0 Å². The summed E-state index contributed by atoms with van der Waals surface area (Å²) in [6.45, 7) is 4.73. The van der Waals surface area contributed by atoms with Crippen LogP contribution < -0.4 is 19.5 Å². The van der Waals surface area contributed by atoms with Crippen LogP contribution in [0.1, 0.15) is 29.7 Å². The largest absolute Gasteiger partial charge is 0.493 e. The lowest BCUT2D eigenvalue weighted by molar-refractivity contribution is 0.170. The maximum Gasteiger partial charge on any atom is 0.317 e. The van der Waals surface area contributed by atoms with Crippen LogP contribution >= 0.6 is 0 Å². The highest BCUT2D eigenvalue weighted by Crippen LogP contribution is 2.38. The van der Waals surface area contributed by atoms with E-state index < -0.39 is 16.1 Å². The number of hydrogen-bond acceptors (Lipinski definition) is 5. The molecule has 0 fully saturated rings. The Kier molecular flexibility index (Phi) is 7.07. The molecule has 2 amide bonds. The number of carbonyl (C=O) groups is 1. The van der Waals surface area contributed by atoms with Crippen LogP contribution in [0.4, 0.5) is 4.79 Å². The van der Waals surface area contributed by atoms with Crippen molar-refractivity contribution in [1.29, 1.82) is 0 Å². The molecule has 0 bridgehead atoms. The van der Waals surface area contributed by atoms with Gasteiger partial charge in [-0.3, -0.25) is 0 Å². The zero-order chi connectivity index (χ0) is 22.6. The third-order valence-corrected chi connectivity index (χ3v) is 6.83. The summed E-state index contributed by atoms with van der Waals surface area (Å²) in [4.78, 5) is 14.6. The second kappa shape index (κ2) is 9.57. The summed E-state index contributed by atoms with van der Waals surface area (Å²) in [5.41, 5.74) is 2.81. The van der Waals surface area contributed by atoms with Gasteiger partial charge in [-0.15, -0.1) is 0 Å². The van der Waals surface area contributed by atoms with Crippen molar-refractivity contribution in [2.24, 2.45) is 0 Å². The fourth-order valence-electron chi connectivity index (χ4n) is 3.73. The zero-order valence-corrected chi connectivity index (χ0v) is 19.1. The van der Waals surface area contributed by atoms with Crippen LogP contribution in [0, 0.1) is 6.92 Å². The number of carbonyl (C=O) groups excluding carboxylic acids is 1. The molecule has 0 saturated heterocycles. The first-order valence-corrected chi connectivity index (χ1v) is 11.6. The molecule has 9 heteroatoms. The highest BCUT2D eigenvalue weighted by atomic mass is 32.2. The van der Waals surface area contributed by atoms with Gasteiger partial charge in [0.15, 0.2) is 11.5 Å². The van der Waals surface area contributed by atoms with E-state index >= 15 is 0 Å². The number of nitrogens with one attached hydrogen (secondary N) is 2. The first-order valence-electron chi connectivity index (χ1n) is 10.2. The molecule has 0 aliphatic carbocycles.